The van der Waals surface area contributed by atoms with Gasteiger partial charge in [0.05, 0.1) is 10.5 Å². The van der Waals surface area contributed by atoms with E-state index >= 15 is 0 Å². The molecule has 1 saturated heterocycles. The average molecular weight is 473 g/mol. The van der Waals surface area contributed by atoms with Crippen molar-refractivity contribution in [3.8, 4) is 0 Å². The van der Waals surface area contributed by atoms with Gasteiger partial charge in [0, 0.05) is 37.1 Å². The maximum Gasteiger partial charge on any atom is 0.416 e. The van der Waals surface area contributed by atoms with Gasteiger partial charge < -0.3 is 4.90 Å². The Morgan fingerprint density at radius 1 is 1.00 bits per heavy atom. The van der Waals surface area contributed by atoms with Crippen LogP contribution in [-0.4, -0.2) is 49.7 Å². The summed E-state index contributed by atoms with van der Waals surface area (Å²) in [6.07, 6.45) is -3.80. The molecule has 0 radical (unpaired) electrons. The number of sulfonamides is 1. The van der Waals surface area contributed by atoms with E-state index in [0.29, 0.717) is 17.0 Å². The van der Waals surface area contributed by atoms with E-state index in [-0.39, 0.29) is 48.8 Å². The van der Waals surface area contributed by atoms with Gasteiger partial charge in [-0.25, -0.2) is 8.42 Å². The minimum Gasteiger partial charge on any atom is -0.340 e. The first kappa shape index (κ1) is 22.1. The molecular formula is C21H20ClF3N2O3S. The Labute approximate surface area is 183 Å². The fourth-order valence-corrected chi connectivity index (χ4v) is 5.64. The fraction of sp³-hybridized carbons (Fsp3) is 0.381. The number of carbonyl (C=O) groups is 1. The topological polar surface area (TPSA) is 57.7 Å². The van der Waals surface area contributed by atoms with Gasteiger partial charge >= 0.3 is 6.18 Å². The molecule has 166 valence electrons. The van der Waals surface area contributed by atoms with E-state index in [1.54, 1.807) is 17.0 Å². The lowest BCUT2D eigenvalue weighted by Crippen LogP contribution is -2.51. The zero-order valence-electron chi connectivity index (χ0n) is 16.3. The smallest absolute Gasteiger partial charge is 0.340 e. The molecule has 0 bridgehead atoms. The van der Waals surface area contributed by atoms with Crippen molar-refractivity contribution in [2.75, 3.05) is 26.2 Å². The molecule has 1 aliphatic carbocycles. The number of alkyl halides is 3. The van der Waals surface area contributed by atoms with Crippen LogP contribution in [0.5, 0.6) is 0 Å². The van der Waals surface area contributed by atoms with Crippen LogP contribution in [0.1, 0.15) is 23.5 Å². The molecule has 5 nitrogen and oxygen atoms in total. The molecule has 0 N–H and O–H groups in total. The summed E-state index contributed by atoms with van der Waals surface area (Å²) in [5.41, 5.74) is 0.00494. The number of amides is 1. The highest BCUT2D eigenvalue weighted by atomic mass is 35.5. The number of hydrogen-bond acceptors (Lipinski definition) is 3. The van der Waals surface area contributed by atoms with E-state index in [1.807, 2.05) is 0 Å². The maximum absolute atomic E-state index is 12.8. The van der Waals surface area contributed by atoms with Gasteiger partial charge in [-0.3, -0.25) is 4.79 Å². The van der Waals surface area contributed by atoms with Crippen LogP contribution in [0.15, 0.2) is 53.4 Å². The quantitative estimate of drug-likeness (QED) is 0.676. The summed E-state index contributed by atoms with van der Waals surface area (Å²) < 4.78 is 65.0. The number of carbonyl (C=O) groups excluding carboxylic acids is 1. The first-order valence-electron chi connectivity index (χ1n) is 9.79. The van der Waals surface area contributed by atoms with Gasteiger partial charge in [-0.05, 0) is 48.2 Å². The summed E-state index contributed by atoms with van der Waals surface area (Å²) in [4.78, 5) is 14.6. The number of hydrogen-bond donors (Lipinski definition) is 0. The van der Waals surface area contributed by atoms with Crippen LogP contribution in [0.4, 0.5) is 13.2 Å². The van der Waals surface area contributed by atoms with E-state index in [4.69, 9.17) is 11.6 Å². The Kier molecular flexibility index (Phi) is 5.78. The van der Waals surface area contributed by atoms with Crippen LogP contribution in [0, 0.1) is 5.92 Å². The normalized spacial score (nSPS) is 22.4. The van der Waals surface area contributed by atoms with Crippen molar-refractivity contribution in [2.45, 2.75) is 23.4 Å². The van der Waals surface area contributed by atoms with Gasteiger partial charge in [0.1, 0.15) is 0 Å². The lowest BCUT2D eigenvalue weighted by molar-refractivity contribution is -0.137. The highest BCUT2D eigenvalue weighted by molar-refractivity contribution is 7.89. The molecule has 10 heteroatoms. The van der Waals surface area contributed by atoms with Gasteiger partial charge in [-0.2, -0.15) is 17.5 Å². The zero-order chi connectivity index (χ0) is 22.4. The van der Waals surface area contributed by atoms with Crippen LogP contribution < -0.4 is 0 Å². The lowest BCUT2D eigenvalue weighted by atomic mass is 10.1. The summed E-state index contributed by atoms with van der Waals surface area (Å²) in [6, 6.07) is 11.0. The van der Waals surface area contributed by atoms with Crippen molar-refractivity contribution in [1.82, 2.24) is 9.21 Å². The van der Waals surface area contributed by atoms with Crippen molar-refractivity contribution >= 4 is 27.5 Å². The van der Waals surface area contributed by atoms with Crippen LogP contribution in [0.25, 0.3) is 0 Å². The molecule has 2 aromatic carbocycles. The standard InChI is InChI=1S/C21H20ClF3N2O3S/c22-16-2-1-3-17(12-16)31(29,30)27-10-8-26(9-11-27)20(28)19-13-18(19)14-4-6-15(7-5-14)21(23,24)25/h1-7,12,18-19H,8-11,13H2. The second kappa shape index (κ2) is 8.11. The Bertz CT molecular complexity index is 1080. The molecule has 31 heavy (non-hydrogen) atoms. The average Bonchev–Trinajstić information content (AvgIpc) is 3.54. The number of halogens is 4. The molecule has 2 fully saturated rings. The van der Waals surface area contributed by atoms with E-state index in [9.17, 15) is 26.4 Å². The van der Waals surface area contributed by atoms with Gasteiger partial charge in [-0.1, -0.05) is 29.8 Å². The Hall–Kier alpha value is -2.10. The second-order valence-corrected chi connectivity index (χ2v) is 10.1. The van der Waals surface area contributed by atoms with Crippen LogP contribution in [-0.2, 0) is 21.0 Å². The summed E-state index contributed by atoms with van der Waals surface area (Å²) in [7, 11) is -3.69. The van der Waals surface area contributed by atoms with E-state index in [2.05, 4.69) is 0 Å². The molecule has 1 heterocycles. The molecule has 1 amide bonds. The Morgan fingerprint density at radius 2 is 1.65 bits per heavy atom. The van der Waals surface area contributed by atoms with Crippen LogP contribution in [0.2, 0.25) is 5.02 Å². The van der Waals surface area contributed by atoms with Gasteiger partial charge in [-0.15, -0.1) is 0 Å². The first-order chi connectivity index (χ1) is 14.6. The highest BCUT2D eigenvalue weighted by Crippen LogP contribution is 2.49. The van der Waals surface area contributed by atoms with E-state index in [1.165, 1.54) is 28.6 Å². The van der Waals surface area contributed by atoms with E-state index < -0.39 is 21.8 Å². The molecule has 2 unspecified atom stereocenters. The Morgan fingerprint density at radius 3 is 2.23 bits per heavy atom. The summed E-state index contributed by atoms with van der Waals surface area (Å²) in [5, 5.41) is 0.331. The maximum atomic E-state index is 12.8. The third-order valence-electron chi connectivity index (χ3n) is 5.76. The summed E-state index contributed by atoms with van der Waals surface area (Å²) >= 11 is 5.90. The highest BCUT2D eigenvalue weighted by Gasteiger charge is 2.46. The molecule has 0 aromatic heterocycles. The van der Waals surface area contributed by atoms with Crippen molar-refractivity contribution in [3.05, 3.63) is 64.7 Å². The minimum atomic E-state index is -4.39. The predicted octanol–water partition coefficient (Wildman–Crippen LogP) is 4.00. The number of piperazine rings is 1. The molecule has 2 aliphatic rings. The van der Waals surface area contributed by atoms with Gasteiger partial charge in [0.25, 0.3) is 0 Å². The number of rotatable bonds is 4. The summed E-state index contributed by atoms with van der Waals surface area (Å²) in [5.74, 6) is -0.444. The largest absolute Gasteiger partial charge is 0.416 e. The first-order valence-corrected chi connectivity index (χ1v) is 11.6. The third-order valence-corrected chi connectivity index (χ3v) is 7.89. The molecule has 2 atom stereocenters. The molecule has 2 aromatic rings. The minimum absolute atomic E-state index is 0.0790. The fourth-order valence-electron chi connectivity index (χ4n) is 3.92. The number of benzene rings is 2. The second-order valence-electron chi connectivity index (χ2n) is 7.76. The van der Waals surface area contributed by atoms with Crippen LogP contribution >= 0.6 is 11.6 Å². The SMILES string of the molecule is O=C(C1CC1c1ccc(C(F)(F)F)cc1)N1CCN(S(=O)(=O)c2cccc(Cl)c2)CC1. The Balaban J connectivity index is 1.35. The van der Waals surface area contributed by atoms with Gasteiger partial charge in [0.15, 0.2) is 0 Å². The monoisotopic (exact) mass is 472 g/mol. The third kappa shape index (κ3) is 4.58. The lowest BCUT2D eigenvalue weighted by Gasteiger charge is -2.34. The number of nitrogens with zero attached hydrogens (tertiary/aromatic N) is 2. The molecular weight excluding hydrogens is 453 g/mol. The van der Waals surface area contributed by atoms with Gasteiger partial charge in [0.2, 0.25) is 15.9 Å². The van der Waals surface area contributed by atoms with Crippen molar-refractivity contribution in [3.63, 3.8) is 0 Å². The molecule has 0 spiro atoms. The predicted molar refractivity (Wildman–Crippen MR) is 109 cm³/mol. The van der Waals surface area contributed by atoms with E-state index in [0.717, 1.165) is 12.1 Å². The van der Waals surface area contributed by atoms with Crippen molar-refractivity contribution in [1.29, 1.82) is 0 Å². The summed E-state index contributed by atoms with van der Waals surface area (Å²) in [6.45, 7) is 0.903. The van der Waals surface area contributed by atoms with Crippen molar-refractivity contribution in [2.24, 2.45) is 5.92 Å². The van der Waals surface area contributed by atoms with Crippen molar-refractivity contribution < 1.29 is 26.4 Å². The molecule has 4 rings (SSSR count). The molecule has 1 saturated carbocycles. The molecule has 1 aliphatic heterocycles. The van der Waals surface area contributed by atoms with Crippen LogP contribution in [0.3, 0.4) is 0 Å². The zero-order valence-corrected chi connectivity index (χ0v) is 17.9.